The number of aliphatic imine (C=N–C) groups is 1. The van der Waals surface area contributed by atoms with E-state index in [-0.39, 0.29) is 16.6 Å². The number of hydrogen-bond acceptors (Lipinski definition) is 6. The van der Waals surface area contributed by atoms with Gasteiger partial charge in [0.15, 0.2) is 10.9 Å². The number of hydrogen-bond donors (Lipinski definition) is 0. The van der Waals surface area contributed by atoms with Gasteiger partial charge in [0.1, 0.15) is 4.90 Å². The number of amides is 1. The Labute approximate surface area is 258 Å². The third-order valence-corrected chi connectivity index (χ3v) is 9.09. The largest absolute Gasteiger partial charge is 0.378 e. The highest BCUT2D eigenvalue weighted by Crippen LogP contribution is 2.38. The summed E-state index contributed by atoms with van der Waals surface area (Å²) in [5.74, 6) is -0.183. The van der Waals surface area contributed by atoms with Crippen LogP contribution in [0.2, 0.25) is 15.1 Å². The lowest BCUT2D eigenvalue weighted by atomic mass is 10.2. The minimum Gasteiger partial charge on any atom is -0.378 e. The summed E-state index contributed by atoms with van der Waals surface area (Å²) in [6, 6.07) is 24.3. The fourth-order valence-corrected chi connectivity index (χ4v) is 6.50. The Kier molecular flexibility index (Phi) is 8.61. The molecule has 1 fully saturated rings. The van der Waals surface area contributed by atoms with Crippen LogP contribution in [0.5, 0.6) is 5.75 Å². The van der Waals surface area contributed by atoms with Crippen LogP contribution >= 0.6 is 62.5 Å². The van der Waals surface area contributed by atoms with Crippen LogP contribution < -0.4 is 9.08 Å². The molecule has 6 nitrogen and oxygen atoms in total. The zero-order valence-electron chi connectivity index (χ0n) is 20.1. The van der Waals surface area contributed by atoms with Crippen molar-refractivity contribution in [3.05, 3.63) is 121 Å². The van der Waals surface area contributed by atoms with E-state index in [4.69, 9.17) is 39.0 Å². The second kappa shape index (κ2) is 12.0. The van der Waals surface area contributed by atoms with Crippen molar-refractivity contribution in [2.24, 2.45) is 4.99 Å². The molecule has 0 unspecified atom stereocenters. The van der Waals surface area contributed by atoms with E-state index >= 15 is 0 Å². The van der Waals surface area contributed by atoms with Crippen molar-refractivity contribution in [2.45, 2.75) is 4.90 Å². The van der Waals surface area contributed by atoms with Gasteiger partial charge in [0.2, 0.25) is 0 Å². The number of halogens is 4. The summed E-state index contributed by atoms with van der Waals surface area (Å²) in [5, 5.41) is 1.98. The molecular weight excluding hydrogens is 679 g/mol. The number of carbonyl (C=O) groups is 1. The number of amidine groups is 1. The minimum atomic E-state index is -4.08. The summed E-state index contributed by atoms with van der Waals surface area (Å²) < 4.78 is 31.1. The van der Waals surface area contributed by atoms with E-state index in [9.17, 15) is 13.2 Å². The minimum absolute atomic E-state index is 0.0299. The van der Waals surface area contributed by atoms with Gasteiger partial charge < -0.3 is 4.18 Å². The molecule has 4 aromatic rings. The smallest absolute Gasteiger partial charge is 0.339 e. The second-order valence-electron chi connectivity index (χ2n) is 8.28. The van der Waals surface area contributed by atoms with Gasteiger partial charge in [0.05, 0.1) is 20.8 Å². The van der Waals surface area contributed by atoms with Crippen molar-refractivity contribution in [1.82, 2.24) is 0 Å². The average Bonchev–Trinajstić information content (AvgIpc) is 3.21. The number of nitrogens with zero attached hydrogens (tertiary/aromatic N) is 2. The third kappa shape index (κ3) is 6.57. The van der Waals surface area contributed by atoms with E-state index < -0.39 is 10.1 Å². The van der Waals surface area contributed by atoms with Crippen molar-refractivity contribution in [3.63, 3.8) is 0 Å². The molecule has 0 N–H and O–H groups in total. The molecule has 0 atom stereocenters. The molecule has 202 valence electrons. The molecule has 12 heteroatoms. The van der Waals surface area contributed by atoms with Gasteiger partial charge in [-0.3, -0.25) is 9.69 Å². The molecule has 1 aliphatic heterocycles. The third-order valence-electron chi connectivity index (χ3n) is 5.50. The van der Waals surface area contributed by atoms with E-state index in [1.165, 1.54) is 47.0 Å². The van der Waals surface area contributed by atoms with Crippen LogP contribution in [0.1, 0.15) is 5.56 Å². The summed E-state index contributed by atoms with van der Waals surface area (Å²) in [6.45, 7) is 0. The highest BCUT2D eigenvalue weighted by molar-refractivity contribution is 9.10. The van der Waals surface area contributed by atoms with Gasteiger partial charge in [-0.1, -0.05) is 40.9 Å². The predicted octanol–water partition coefficient (Wildman–Crippen LogP) is 8.99. The van der Waals surface area contributed by atoms with Gasteiger partial charge in [0, 0.05) is 15.1 Å². The molecule has 0 aromatic heterocycles. The van der Waals surface area contributed by atoms with Gasteiger partial charge >= 0.3 is 10.1 Å². The topological polar surface area (TPSA) is 76.0 Å². The van der Waals surface area contributed by atoms with Crippen molar-refractivity contribution in [1.29, 1.82) is 0 Å². The molecular formula is C28H16BrCl3N2O4S2. The van der Waals surface area contributed by atoms with Crippen LogP contribution in [0.25, 0.3) is 6.08 Å². The van der Waals surface area contributed by atoms with Crippen molar-refractivity contribution in [3.8, 4) is 5.75 Å². The zero-order valence-corrected chi connectivity index (χ0v) is 25.6. The lowest BCUT2D eigenvalue weighted by Crippen LogP contribution is -2.28. The Balaban J connectivity index is 1.45. The summed E-state index contributed by atoms with van der Waals surface area (Å²) >= 11 is 22.5. The van der Waals surface area contributed by atoms with Crippen LogP contribution in [0, 0.1) is 0 Å². The number of rotatable bonds is 6. The van der Waals surface area contributed by atoms with Crippen molar-refractivity contribution < 1.29 is 17.4 Å². The highest BCUT2D eigenvalue weighted by Gasteiger charge is 2.35. The fraction of sp³-hybridized carbons (Fsp3) is 0. The standard InChI is InChI=1S/C28H16BrCl3N2O4S2/c29-24-15-17(1-14-25(24)38-40(36,37)23-12-6-20(32)7-13-23)16-26-27(35)34(22-10-4-19(31)5-11-22)28(39-26)33-21-8-2-18(30)3-9-21/h1-16H/b26-16-,33-28?. The van der Waals surface area contributed by atoms with Gasteiger partial charge in [-0.2, -0.15) is 8.42 Å². The Morgan fingerprint density at radius 3 is 2.00 bits per heavy atom. The second-order valence-corrected chi connectivity index (χ2v) is 13.0. The van der Waals surface area contributed by atoms with E-state index in [0.717, 1.165) is 0 Å². The lowest BCUT2D eigenvalue weighted by molar-refractivity contribution is -0.113. The van der Waals surface area contributed by atoms with E-state index in [1.807, 2.05) is 0 Å². The SMILES string of the molecule is O=C1/C(=C/c2ccc(OS(=O)(=O)c3ccc(Cl)cc3)c(Br)c2)SC(=Nc2ccc(Cl)cc2)N1c1ccc(Cl)cc1. The molecule has 0 spiro atoms. The molecule has 1 heterocycles. The number of carbonyl (C=O) groups excluding carboxylic acids is 1. The molecule has 0 aliphatic carbocycles. The summed E-state index contributed by atoms with van der Waals surface area (Å²) in [7, 11) is -4.08. The molecule has 40 heavy (non-hydrogen) atoms. The highest BCUT2D eigenvalue weighted by atomic mass is 79.9. The molecule has 1 saturated heterocycles. The van der Waals surface area contributed by atoms with Crippen LogP contribution in [0.15, 0.2) is 110 Å². The molecule has 1 amide bonds. The van der Waals surface area contributed by atoms with Gasteiger partial charge in [0.25, 0.3) is 5.91 Å². The Morgan fingerprint density at radius 2 is 1.40 bits per heavy atom. The zero-order chi connectivity index (χ0) is 28.4. The first-order valence-electron chi connectivity index (χ1n) is 11.4. The van der Waals surface area contributed by atoms with Crippen molar-refractivity contribution in [2.75, 3.05) is 4.90 Å². The van der Waals surface area contributed by atoms with Crippen LogP contribution in [0.4, 0.5) is 11.4 Å². The van der Waals surface area contributed by atoms with Crippen LogP contribution in [-0.2, 0) is 14.9 Å². The summed E-state index contributed by atoms with van der Waals surface area (Å²) in [6.07, 6.45) is 1.70. The number of benzene rings is 4. The predicted molar refractivity (Wildman–Crippen MR) is 166 cm³/mol. The fourth-order valence-electron chi connectivity index (χ4n) is 3.59. The molecule has 0 radical (unpaired) electrons. The van der Waals surface area contributed by atoms with Crippen LogP contribution in [0.3, 0.4) is 0 Å². The first kappa shape index (κ1) is 28.7. The summed E-state index contributed by atoms with van der Waals surface area (Å²) in [4.78, 5) is 20.1. The molecule has 0 saturated carbocycles. The monoisotopic (exact) mass is 692 g/mol. The molecule has 1 aliphatic rings. The Bertz CT molecular complexity index is 1760. The molecule has 0 bridgehead atoms. The van der Waals surface area contributed by atoms with E-state index in [1.54, 1.807) is 66.7 Å². The Hall–Kier alpha value is -2.79. The molecule has 4 aromatic carbocycles. The van der Waals surface area contributed by atoms with Crippen LogP contribution in [-0.4, -0.2) is 19.5 Å². The maximum Gasteiger partial charge on any atom is 0.339 e. The maximum absolute atomic E-state index is 13.5. The average molecular weight is 695 g/mol. The normalized spacial score (nSPS) is 15.7. The van der Waals surface area contributed by atoms with Gasteiger partial charge in [-0.15, -0.1) is 0 Å². The number of thioether (sulfide) groups is 1. The van der Waals surface area contributed by atoms with Gasteiger partial charge in [-0.25, -0.2) is 4.99 Å². The quantitative estimate of drug-likeness (QED) is 0.149. The van der Waals surface area contributed by atoms with Gasteiger partial charge in [-0.05, 0) is 124 Å². The maximum atomic E-state index is 13.5. The first-order valence-corrected chi connectivity index (χ1v) is 15.6. The van der Waals surface area contributed by atoms with E-state index in [0.29, 0.717) is 46.6 Å². The lowest BCUT2D eigenvalue weighted by Gasteiger charge is -2.15. The van der Waals surface area contributed by atoms with Crippen molar-refractivity contribution >= 4 is 101 Å². The first-order chi connectivity index (χ1) is 19.1. The molecule has 5 rings (SSSR count). The number of anilines is 1. The Morgan fingerprint density at radius 1 is 0.825 bits per heavy atom. The van der Waals surface area contributed by atoms with E-state index in [2.05, 4.69) is 20.9 Å². The summed E-state index contributed by atoms with van der Waals surface area (Å²) in [5.41, 5.74) is 1.88.